The van der Waals surface area contributed by atoms with E-state index in [2.05, 4.69) is 9.71 Å². The van der Waals surface area contributed by atoms with Gasteiger partial charge in [0.1, 0.15) is 5.82 Å². The van der Waals surface area contributed by atoms with Crippen LogP contribution in [0.3, 0.4) is 0 Å². The maximum absolute atomic E-state index is 11.5. The second-order valence-corrected chi connectivity index (χ2v) is 5.23. The lowest BCUT2D eigenvalue weighted by molar-refractivity contribution is 0.0526. The number of anilines is 1. The number of carbonyl (C=O) groups excluding carboxylic acids is 1. The number of aryl methyl sites for hydroxylation is 1. The molecule has 0 aliphatic heterocycles. The van der Waals surface area contributed by atoms with Gasteiger partial charge in [-0.05, 0) is 26.0 Å². The van der Waals surface area contributed by atoms with E-state index in [-0.39, 0.29) is 18.0 Å². The highest BCUT2D eigenvalue weighted by Crippen LogP contribution is 2.12. The molecular weight excluding hydrogens is 244 g/mol. The SMILES string of the molecule is CCOC(=O)c1cc(C)nc(NS(C)(=O)=O)c1. The number of pyridine rings is 1. The summed E-state index contributed by atoms with van der Waals surface area (Å²) in [6.07, 6.45) is 1.01. The first-order chi connectivity index (χ1) is 7.81. The third-order valence-electron chi connectivity index (χ3n) is 1.75. The molecule has 1 heterocycles. The lowest BCUT2D eigenvalue weighted by Gasteiger charge is -2.07. The largest absolute Gasteiger partial charge is 0.462 e. The zero-order valence-electron chi connectivity index (χ0n) is 9.85. The van der Waals surface area contributed by atoms with E-state index >= 15 is 0 Å². The van der Waals surface area contributed by atoms with Crippen LogP contribution in [0.2, 0.25) is 0 Å². The Labute approximate surface area is 100 Å². The molecule has 17 heavy (non-hydrogen) atoms. The van der Waals surface area contributed by atoms with E-state index < -0.39 is 16.0 Å². The van der Waals surface area contributed by atoms with Crippen LogP contribution in [0.5, 0.6) is 0 Å². The molecule has 1 aromatic heterocycles. The fourth-order valence-electron chi connectivity index (χ4n) is 1.24. The van der Waals surface area contributed by atoms with Crippen molar-refractivity contribution in [1.29, 1.82) is 0 Å². The molecule has 6 nitrogen and oxygen atoms in total. The van der Waals surface area contributed by atoms with E-state index in [9.17, 15) is 13.2 Å². The molecular formula is C10H14N2O4S. The molecule has 1 N–H and O–H groups in total. The fourth-order valence-corrected chi connectivity index (χ4v) is 1.73. The van der Waals surface area contributed by atoms with Gasteiger partial charge in [0.05, 0.1) is 18.4 Å². The molecule has 0 spiro atoms. The molecule has 0 saturated heterocycles. The first-order valence-corrected chi connectivity index (χ1v) is 6.84. The van der Waals surface area contributed by atoms with E-state index in [1.807, 2.05) is 0 Å². The van der Waals surface area contributed by atoms with Crippen LogP contribution in [-0.2, 0) is 14.8 Å². The van der Waals surface area contributed by atoms with E-state index in [0.29, 0.717) is 5.69 Å². The molecule has 0 amide bonds. The summed E-state index contributed by atoms with van der Waals surface area (Å²) >= 11 is 0. The van der Waals surface area contributed by atoms with E-state index in [1.54, 1.807) is 13.8 Å². The highest BCUT2D eigenvalue weighted by atomic mass is 32.2. The Morgan fingerprint density at radius 3 is 2.65 bits per heavy atom. The Hall–Kier alpha value is -1.63. The van der Waals surface area contributed by atoms with Crippen LogP contribution in [-0.4, -0.2) is 32.2 Å². The molecule has 94 valence electrons. The van der Waals surface area contributed by atoms with Crippen molar-refractivity contribution in [1.82, 2.24) is 4.98 Å². The van der Waals surface area contributed by atoms with Gasteiger partial charge in [-0.1, -0.05) is 0 Å². The number of nitrogens with zero attached hydrogens (tertiary/aromatic N) is 1. The van der Waals surface area contributed by atoms with Crippen LogP contribution in [0.15, 0.2) is 12.1 Å². The van der Waals surface area contributed by atoms with Gasteiger partial charge in [-0.3, -0.25) is 4.72 Å². The standard InChI is InChI=1S/C10H14N2O4S/c1-4-16-10(13)8-5-7(2)11-9(6-8)12-17(3,14)15/h5-6H,4H2,1-3H3,(H,11,12). The Bertz CT molecular complexity index is 525. The Morgan fingerprint density at radius 1 is 1.47 bits per heavy atom. The highest BCUT2D eigenvalue weighted by Gasteiger charge is 2.11. The first kappa shape index (κ1) is 13.4. The molecule has 0 aromatic carbocycles. The lowest BCUT2D eigenvalue weighted by atomic mass is 10.2. The number of esters is 1. The fraction of sp³-hybridized carbons (Fsp3) is 0.400. The number of aromatic nitrogens is 1. The molecule has 0 radical (unpaired) electrons. The van der Waals surface area contributed by atoms with Crippen molar-refractivity contribution in [2.24, 2.45) is 0 Å². The molecule has 0 unspecified atom stereocenters. The third-order valence-corrected chi connectivity index (χ3v) is 2.33. The van der Waals surface area contributed by atoms with Gasteiger partial charge in [-0.25, -0.2) is 18.2 Å². The van der Waals surface area contributed by atoms with Crippen LogP contribution in [0.4, 0.5) is 5.82 Å². The predicted octanol–water partition coefficient (Wildman–Crippen LogP) is 0.938. The summed E-state index contributed by atoms with van der Waals surface area (Å²) in [4.78, 5) is 15.5. The minimum Gasteiger partial charge on any atom is -0.462 e. The molecule has 0 aliphatic carbocycles. The number of sulfonamides is 1. The Kier molecular flexibility index (Phi) is 4.06. The smallest absolute Gasteiger partial charge is 0.338 e. The van der Waals surface area contributed by atoms with Crippen LogP contribution in [0, 0.1) is 6.92 Å². The van der Waals surface area contributed by atoms with Gasteiger partial charge in [0.15, 0.2) is 0 Å². The molecule has 0 fully saturated rings. The van der Waals surface area contributed by atoms with Gasteiger partial charge < -0.3 is 4.74 Å². The van der Waals surface area contributed by atoms with Crippen molar-refractivity contribution in [3.63, 3.8) is 0 Å². The zero-order valence-corrected chi connectivity index (χ0v) is 10.7. The number of ether oxygens (including phenoxy) is 1. The lowest BCUT2D eigenvalue weighted by Crippen LogP contribution is -2.13. The average molecular weight is 258 g/mol. The van der Waals surface area contributed by atoms with Crippen LogP contribution >= 0.6 is 0 Å². The molecule has 0 bridgehead atoms. The van der Waals surface area contributed by atoms with Crippen LogP contribution in [0.25, 0.3) is 0 Å². The van der Waals surface area contributed by atoms with Crippen molar-refractivity contribution >= 4 is 21.8 Å². The maximum Gasteiger partial charge on any atom is 0.338 e. The van der Waals surface area contributed by atoms with Crippen LogP contribution in [0.1, 0.15) is 23.0 Å². The molecule has 0 atom stereocenters. The molecule has 1 rings (SSSR count). The number of rotatable bonds is 4. The first-order valence-electron chi connectivity index (χ1n) is 4.95. The Morgan fingerprint density at radius 2 is 2.12 bits per heavy atom. The topological polar surface area (TPSA) is 85.4 Å². The summed E-state index contributed by atoms with van der Waals surface area (Å²) in [6.45, 7) is 3.62. The molecule has 7 heteroatoms. The number of carbonyl (C=O) groups is 1. The molecule has 1 aromatic rings. The molecule has 0 saturated carbocycles. The monoisotopic (exact) mass is 258 g/mol. The van der Waals surface area contributed by atoms with E-state index in [0.717, 1.165) is 6.26 Å². The summed E-state index contributed by atoms with van der Waals surface area (Å²) in [6, 6.07) is 2.87. The summed E-state index contributed by atoms with van der Waals surface area (Å²) in [5, 5.41) is 0. The normalized spacial score (nSPS) is 11.0. The Balaban J connectivity index is 3.06. The zero-order chi connectivity index (χ0) is 13.1. The van der Waals surface area contributed by atoms with E-state index in [4.69, 9.17) is 4.74 Å². The van der Waals surface area contributed by atoms with Gasteiger partial charge in [-0.2, -0.15) is 0 Å². The van der Waals surface area contributed by atoms with Crippen molar-refractivity contribution in [3.8, 4) is 0 Å². The minimum absolute atomic E-state index is 0.107. The quantitative estimate of drug-likeness (QED) is 0.812. The average Bonchev–Trinajstić information content (AvgIpc) is 2.14. The van der Waals surface area contributed by atoms with Gasteiger partial charge in [0.2, 0.25) is 10.0 Å². The van der Waals surface area contributed by atoms with Gasteiger partial charge in [-0.15, -0.1) is 0 Å². The van der Waals surface area contributed by atoms with E-state index in [1.165, 1.54) is 12.1 Å². The molecule has 0 aliphatic rings. The number of hydrogen-bond acceptors (Lipinski definition) is 5. The van der Waals surface area contributed by atoms with Gasteiger partial charge in [0.25, 0.3) is 0 Å². The minimum atomic E-state index is -3.41. The summed E-state index contributed by atoms with van der Waals surface area (Å²) in [5.74, 6) is -0.398. The van der Waals surface area contributed by atoms with Crippen molar-refractivity contribution in [2.45, 2.75) is 13.8 Å². The predicted molar refractivity (Wildman–Crippen MR) is 63.4 cm³/mol. The second kappa shape index (κ2) is 5.13. The summed E-state index contributed by atoms with van der Waals surface area (Å²) in [5.41, 5.74) is 0.798. The number of hydrogen-bond donors (Lipinski definition) is 1. The van der Waals surface area contributed by atoms with Crippen molar-refractivity contribution in [3.05, 3.63) is 23.4 Å². The van der Waals surface area contributed by atoms with Crippen LogP contribution < -0.4 is 4.72 Å². The second-order valence-electron chi connectivity index (χ2n) is 3.48. The summed E-state index contributed by atoms with van der Waals surface area (Å²) in [7, 11) is -3.41. The maximum atomic E-state index is 11.5. The van der Waals surface area contributed by atoms with Crippen molar-refractivity contribution in [2.75, 3.05) is 17.6 Å². The third kappa shape index (κ3) is 4.39. The van der Waals surface area contributed by atoms with Gasteiger partial charge >= 0.3 is 5.97 Å². The summed E-state index contributed by atoms with van der Waals surface area (Å²) < 4.78 is 29.1. The highest BCUT2D eigenvalue weighted by molar-refractivity contribution is 7.92. The number of nitrogens with one attached hydrogen (secondary N) is 1. The van der Waals surface area contributed by atoms with Gasteiger partial charge in [0, 0.05) is 5.69 Å². The van der Waals surface area contributed by atoms with Crippen molar-refractivity contribution < 1.29 is 17.9 Å².